The summed E-state index contributed by atoms with van der Waals surface area (Å²) >= 11 is 0. The normalized spacial score (nSPS) is 16.8. The predicted octanol–water partition coefficient (Wildman–Crippen LogP) is 4.60. The molecule has 0 aromatic rings. The average Bonchev–Trinajstić information content (AvgIpc) is 2.73. The molecule has 0 saturated heterocycles. The maximum absolute atomic E-state index is 12.6. The minimum atomic E-state index is -4.60. The van der Waals surface area contributed by atoms with Crippen molar-refractivity contribution in [2.75, 3.05) is 34.3 Å². The van der Waals surface area contributed by atoms with E-state index in [2.05, 4.69) is 6.92 Å². The fourth-order valence-electron chi connectivity index (χ4n) is 3.75. The summed E-state index contributed by atoms with van der Waals surface area (Å²) in [6.45, 7) is 3.78. The topological polar surface area (TPSA) is 113 Å². The van der Waals surface area contributed by atoms with Gasteiger partial charge in [-0.05, 0) is 12.8 Å². The zero-order valence-corrected chi connectivity index (χ0v) is 22.6. The number of likely N-dealkylation sites (N-methyl/N-ethyl adjacent to an activating group) is 1. The second-order valence-electron chi connectivity index (χ2n) is 10.1. The molecule has 9 heteroatoms. The number of Topliss-reactive ketones (excluding diaryl/α,β-unsaturated/α-hetero) is 1. The largest absolute Gasteiger partial charge is 0.473 e. The van der Waals surface area contributed by atoms with E-state index in [1.165, 1.54) is 44.9 Å². The molecule has 0 aliphatic rings. The number of ketones is 1. The Morgan fingerprint density at radius 3 is 1.79 bits per heavy atom. The number of hydrogen-bond donors (Lipinski definition) is 3. The molecular weight excluding hydrogens is 445 g/mol. The summed E-state index contributed by atoms with van der Waals surface area (Å²) in [6, 6.07) is 0. The molecule has 0 radical (unpaired) electrons. The van der Waals surface area contributed by atoms with Crippen molar-refractivity contribution >= 4 is 13.6 Å². The van der Waals surface area contributed by atoms with Gasteiger partial charge in [-0.2, -0.15) is 0 Å². The molecule has 0 fully saturated rings. The van der Waals surface area contributed by atoms with Gasteiger partial charge in [-0.15, -0.1) is 0 Å². The van der Waals surface area contributed by atoms with Crippen molar-refractivity contribution in [1.29, 1.82) is 0 Å². The molecule has 0 aliphatic heterocycles. The second-order valence-corrected chi connectivity index (χ2v) is 11.5. The molecule has 3 N–H and O–H groups in total. The maximum atomic E-state index is 12.6. The van der Waals surface area contributed by atoms with Crippen LogP contribution in [0.1, 0.15) is 97.3 Å². The minimum Gasteiger partial charge on any atom is -0.394 e. The van der Waals surface area contributed by atoms with Crippen molar-refractivity contribution in [3.8, 4) is 0 Å². The molecule has 0 bridgehead atoms. The number of carbonyl (C=O) groups is 1. The third-order valence-electron chi connectivity index (χ3n) is 5.62. The number of aliphatic hydroxyl groups is 2. The average molecular weight is 497 g/mol. The first-order valence-corrected chi connectivity index (χ1v) is 14.3. The number of hydrogen-bond acceptors (Lipinski definition) is 6. The first-order chi connectivity index (χ1) is 15.5. The number of aliphatic hydroxyl groups excluding tert-OH is 2. The quantitative estimate of drug-likeness (QED) is 0.114. The molecule has 0 aromatic carbocycles. The van der Waals surface area contributed by atoms with Crippen LogP contribution < -0.4 is 0 Å². The van der Waals surface area contributed by atoms with Crippen LogP contribution in [0.2, 0.25) is 0 Å². The van der Waals surface area contributed by atoms with Gasteiger partial charge < -0.3 is 19.6 Å². The van der Waals surface area contributed by atoms with Crippen LogP contribution in [0.4, 0.5) is 0 Å². The van der Waals surface area contributed by atoms with E-state index in [0.29, 0.717) is 23.9 Å². The molecule has 8 nitrogen and oxygen atoms in total. The van der Waals surface area contributed by atoms with Gasteiger partial charge in [0.15, 0.2) is 11.9 Å². The van der Waals surface area contributed by atoms with Crippen LogP contribution in [-0.4, -0.2) is 78.0 Å². The molecule has 33 heavy (non-hydrogen) atoms. The summed E-state index contributed by atoms with van der Waals surface area (Å²) in [6.07, 6.45) is 9.49. The lowest BCUT2D eigenvalue weighted by atomic mass is 10.0. The predicted molar refractivity (Wildman–Crippen MR) is 132 cm³/mol. The van der Waals surface area contributed by atoms with Crippen LogP contribution >= 0.6 is 7.82 Å². The van der Waals surface area contributed by atoms with Gasteiger partial charge in [0.05, 0.1) is 27.7 Å². The van der Waals surface area contributed by atoms with Gasteiger partial charge in [-0.1, -0.05) is 78.1 Å². The van der Waals surface area contributed by atoms with Crippen LogP contribution in [0.15, 0.2) is 0 Å². The number of quaternary nitrogens is 1. The molecule has 0 aromatic heterocycles. The molecule has 0 amide bonds. The Bertz CT molecular complexity index is 553. The summed E-state index contributed by atoms with van der Waals surface area (Å²) in [5, 5.41) is 19.3. The fourth-order valence-corrected chi connectivity index (χ4v) is 4.94. The lowest BCUT2D eigenvalue weighted by molar-refractivity contribution is -0.873. The molecule has 0 rings (SSSR count). The Morgan fingerprint density at radius 1 is 0.879 bits per heavy atom. The highest BCUT2D eigenvalue weighted by Crippen LogP contribution is 2.47. The van der Waals surface area contributed by atoms with Gasteiger partial charge in [0.25, 0.3) is 0 Å². The number of rotatable bonds is 22. The molecular formula is C24H51NO7P+. The molecule has 0 heterocycles. The van der Waals surface area contributed by atoms with Crippen LogP contribution in [0.3, 0.4) is 0 Å². The fraction of sp³-hybridized carbons (Fsp3) is 0.958. The van der Waals surface area contributed by atoms with E-state index < -0.39 is 38.5 Å². The number of unbranched alkanes of at least 4 members (excludes halogenated alkanes) is 10. The molecule has 4 atom stereocenters. The van der Waals surface area contributed by atoms with E-state index in [-0.39, 0.29) is 6.42 Å². The highest BCUT2D eigenvalue weighted by molar-refractivity contribution is 7.47. The Morgan fingerprint density at radius 2 is 1.36 bits per heavy atom. The third kappa shape index (κ3) is 17.7. The molecule has 0 spiro atoms. The van der Waals surface area contributed by atoms with E-state index >= 15 is 0 Å². The number of carbonyl (C=O) groups excluding carboxylic acids is 1. The monoisotopic (exact) mass is 496 g/mol. The first-order valence-electron chi connectivity index (χ1n) is 12.8. The van der Waals surface area contributed by atoms with E-state index in [0.717, 1.165) is 19.3 Å². The lowest BCUT2D eigenvalue weighted by Crippen LogP contribution is -2.42. The number of phosphoric ester groups is 1. The highest BCUT2D eigenvalue weighted by atomic mass is 31.2. The number of nitrogens with zero attached hydrogens (tertiary/aromatic N) is 1. The van der Waals surface area contributed by atoms with E-state index in [1.807, 2.05) is 28.1 Å². The zero-order chi connectivity index (χ0) is 25.3. The van der Waals surface area contributed by atoms with Crippen molar-refractivity contribution in [2.45, 2.75) is 116 Å². The number of phosphoric acid groups is 1. The summed E-state index contributed by atoms with van der Waals surface area (Å²) in [7, 11) is 1.21. The summed E-state index contributed by atoms with van der Waals surface area (Å²) in [5.41, 5.74) is 0. The van der Waals surface area contributed by atoms with Crippen molar-refractivity contribution in [3.05, 3.63) is 0 Å². The lowest BCUT2D eigenvalue weighted by Gasteiger charge is -2.30. The SMILES string of the molecule is CCCCCCCCCCCCCC(=O)C(OP(=O)(O)OC(CC)C[N+](C)(C)C)[C@@H](O)CO. The smallest absolute Gasteiger partial charge is 0.394 e. The summed E-state index contributed by atoms with van der Waals surface area (Å²) in [4.78, 5) is 22.8. The van der Waals surface area contributed by atoms with Crippen LogP contribution in [0, 0.1) is 0 Å². The van der Waals surface area contributed by atoms with Gasteiger partial charge in [0.1, 0.15) is 18.8 Å². The summed E-state index contributed by atoms with van der Waals surface area (Å²) < 4.78 is 23.4. The van der Waals surface area contributed by atoms with Crippen LogP contribution in [0.25, 0.3) is 0 Å². The molecule has 0 aliphatic carbocycles. The molecule has 3 unspecified atom stereocenters. The minimum absolute atomic E-state index is 0.120. The Balaban J connectivity index is 4.45. The maximum Gasteiger partial charge on any atom is 0.473 e. The van der Waals surface area contributed by atoms with Gasteiger partial charge in [0, 0.05) is 6.42 Å². The van der Waals surface area contributed by atoms with Crippen molar-refractivity contribution in [2.24, 2.45) is 0 Å². The van der Waals surface area contributed by atoms with Gasteiger partial charge in [-0.3, -0.25) is 13.8 Å². The van der Waals surface area contributed by atoms with E-state index in [4.69, 9.17) is 9.05 Å². The van der Waals surface area contributed by atoms with Crippen LogP contribution in [0.5, 0.6) is 0 Å². The van der Waals surface area contributed by atoms with E-state index in [9.17, 15) is 24.5 Å². The Kier molecular flexibility index (Phi) is 17.8. The van der Waals surface area contributed by atoms with Crippen molar-refractivity contribution in [1.82, 2.24) is 0 Å². The highest BCUT2D eigenvalue weighted by Gasteiger charge is 2.37. The van der Waals surface area contributed by atoms with Crippen molar-refractivity contribution < 1.29 is 38.0 Å². The first kappa shape index (κ1) is 32.7. The summed E-state index contributed by atoms with van der Waals surface area (Å²) in [5.74, 6) is -0.495. The standard InChI is InChI=1S/C24H50NO7P/c1-6-8-9-10-11-12-13-14-15-16-17-18-22(27)24(23(28)20-26)32-33(29,30)31-21(7-2)19-25(3,4)5/h21,23-24,26,28H,6-20H2,1-5H3/p+1/t21?,23-,24?/m0/s1. The second kappa shape index (κ2) is 18.0. The zero-order valence-electron chi connectivity index (χ0n) is 21.7. The van der Waals surface area contributed by atoms with Gasteiger partial charge in [-0.25, -0.2) is 4.57 Å². The van der Waals surface area contributed by atoms with Gasteiger partial charge >= 0.3 is 7.82 Å². The molecule has 198 valence electrons. The molecule has 0 saturated carbocycles. The Labute approximate surface area is 201 Å². The van der Waals surface area contributed by atoms with Crippen LogP contribution in [-0.2, 0) is 18.4 Å². The Hall–Kier alpha value is -0.340. The van der Waals surface area contributed by atoms with Crippen molar-refractivity contribution in [3.63, 3.8) is 0 Å². The van der Waals surface area contributed by atoms with Gasteiger partial charge in [0.2, 0.25) is 0 Å². The van der Waals surface area contributed by atoms with E-state index in [1.54, 1.807) is 0 Å². The third-order valence-corrected chi connectivity index (χ3v) is 6.67.